The van der Waals surface area contributed by atoms with Gasteiger partial charge in [0.1, 0.15) is 0 Å². The van der Waals surface area contributed by atoms with Crippen LogP contribution in [0.2, 0.25) is 0 Å². The third-order valence-electron chi connectivity index (χ3n) is 1.48. The van der Waals surface area contributed by atoms with Gasteiger partial charge in [0.05, 0.1) is 12.4 Å². The first-order valence-corrected chi connectivity index (χ1v) is 3.81. The van der Waals surface area contributed by atoms with Gasteiger partial charge < -0.3 is 0 Å². The highest BCUT2D eigenvalue weighted by Crippen LogP contribution is 1.97. The fourth-order valence-corrected chi connectivity index (χ4v) is 0.856. The summed E-state index contributed by atoms with van der Waals surface area (Å²) in [7, 11) is 0. The Bertz CT molecular complexity index is 209. The topological polar surface area (TPSA) is 30.7 Å². The number of halogens is 1. The van der Waals surface area contributed by atoms with Crippen LogP contribution >= 0.6 is 0 Å². The minimum atomic E-state index is -0.279. The average molecular weight is 157 g/mol. The molecule has 3 nitrogen and oxygen atoms in total. The molecule has 1 aromatic heterocycles. The lowest BCUT2D eigenvalue weighted by Gasteiger charge is -1.89. The van der Waals surface area contributed by atoms with E-state index in [1.165, 1.54) is 0 Å². The van der Waals surface area contributed by atoms with E-state index in [4.69, 9.17) is 0 Å². The van der Waals surface area contributed by atoms with Gasteiger partial charge in [0.15, 0.2) is 0 Å². The first-order chi connectivity index (χ1) is 5.36. The molecule has 0 N–H and O–H groups in total. The lowest BCUT2D eigenvalue weighted by Crippen LogP contribution is -1.93. The zero-order valence-corrected chi connectivity index (χ0v) is 6.63. The number of rotatable bonds is 4. The van der Waals surface area contributed by atoms with E-state index in [-0.39, 0.29) is 6.67 Å². The Morgan fingerprint density at radius 3 is 3.00 bits per heavy atom. The van der Waals surface area contributed by atoms with Gasteiger partial charge in [-0.15, -0.1) is 5.10 Å². The Hall–Kier alpha value is -0.930. The van der Waals surface area contributed by atoms with Crippen molar-refractivity contribution in [3.8, 4) is 0 Å². The van der Waals surface area contributed by atoms with Crippen molar-refractivity contribution in [2.24, 2.45) is 0 Å². The lowest BCUT2D eigenvalue weighted by atomic mass is 10.3. The highest BCUT2D eigenvalue weighted by molar-refractivity contribution is 4.91. The Kier molecular flexibility index (Phi) is 3.01. The molecule has 1 heterocycles. The molecule has 0 aliphatic carbocycles. The van der Waals surface area contributed by atoms with Crippen LogP contribution in [-0.4, -0.2) is 21.7 Å². The normalized spacial score (nSPS) is 10.4. The molecule has 1 rings (SSSR count). The summed E-state index contributed by atoms with van der Waals surface area (Å²) < 4.78 is 13.5. The van der Waals surface area contributed by atoms with Crippen LogP contribution in [0.5, 0.6) is 0 Å². The second-order valence-corrected chi connectivity index (χ2v) is 2.36. The minimum Gasteiger partial charge on any atom is -0.253 e. The Labute approximate surface area is 65.2 Å². The molecule has 0 unspecified atom stereocenters. The molecule has 0 aliphatic rings. The molecule has 0 atom stereocenters. The van der Waals surface area contributed by atoms with Crippen LogP contribution in [0.3, 0.4) is 0 Å². The molecule has 0 bridgehead atoms. The molecule has 1 aromatic rings. The van der Waals surface area contributed by atoms with Crippen molar-refractivity contribution in [2.45, 2.75) is 26.3 Å². The first kappa shape index (κ1) is 8.17. The molecule has 0 aromatic carbocycles. The van der Waals surface area contributed by atoms with Crippen LogP contribution in [0.4, 0.5) is 4.39 Å². The van der Waals surface area contributed by atoms with E-state index < -0.39 is 0 Å². The SMILES string of the molecule is CCn1cc(CCCF)nn1. The van der Waals surface area contributed by atoms with Crippen molar-refractivity contribution in [3.05, 3.63) is 11.9 Å². The highest BCUT2D eigenvalue weighted by atomic mass is 19.1. The van der Waals surface area contributed by atoms with Crippen molar-refractivity contribution >= 4 is 0 Å². The van der Waals surface area contributed by atoms with E-state index in [2.05, 4.69) is 10.3 Å². The Morgan fingerprint density at radius 1 is 1.64 bits per heavy atom. The second-order valence-electron chi connectivity index (χ2n) is 2.36. The number of alkyl halides is 1. The quantitative estimate of drug-likeness (QED) is 0.657. The second kappa shape index (κ2) is 4.05. The van der Waals surface area contributed by atoms with Crippen LogP contribution < -0.4 is 0 Å². The maximum absolute atomic E-state index is 11.7. The molecule has 0 aliphatic heterocycles. The van der Waals surface area contributed by atoms with Crippen molar-refractivity contribution in [1.82, 2.24) is 15.0 Å². The molecule has 62 valence electrons. The number of nitrogens with zero attached hydrogens (tertiary/aromatic N) is 3. The number of hydrogen-bond donors (Lipinski definition) is 0. The zero-order valence-electron chi connectivity index (χ0n) is 6.63. The lowest BCUT2D eigenvalue weighted by molar-refractivity contribution is 0.471. The molecular formula is C7H12FN3. The summed E-state index contributed by atoms with van der Waals surface area (Å²) in [6.07, 6.45) is 3.09. The standard InChI is InChI=1S/C7H12FN3/c1-2-11-6-7(9-10-11)4-3-5-8/h6H,2-5H2,1H3. The van der Waals surface area contributed by atoms with Crippen molar-refractivity contribution in [3.63, 3.8) is 0 Å². The van der Waals surface area contributed by atoms with Crippen LogP contribution in [0, 0.1) is 0 Å². The van der Waals surface area contributed by atoms with Crippen molar-refractivity contribution < 1.29 is 4.39 Å². The van der Waals surface area contributed by atoms with Crippen LogP contribution in [0.15, 0.2) is 6.20 Å². The van der Waals surface area contributed by atoms with E-state index in [1.54, 1.807) is 4.68 Å². The summed E-state index contributed by atoms with van der Waals surface area (Å²) in [5.74, 6) is 0. The van der Waals surface area contributed by atoms with Gasteiger partial charge >= 0.3 is 0 Å². The summed E-state index contributed by atoms with van der Waals surface area (Å²) in [5, 5.41) is 7.70. The molecular weight excluding hydrogens is 145 g/mol. The van der Waals surface area contributed by atoms with Crippen LogP contribution in [0.1, 0.15) is 19.0 Å². The largest absolute Gasteiger partial charge is 0.253 e. The van der Waals surface area contributed by atoms with Gasteiger partial charge in [0, 0.05) is 12.7 Å². The maximum Gasteiger partial charge on any atom is 0.0898 e. The summed E-state index contributed by atoms with van der Waals surface area (Å²) >= 11 is 0. The monoisotopic (exact) mass is 157 g/mol. The molecule has 0 saturated heterocycles. The van der Waals surface area contributed by atoms with E-state index in [1.807, 2.05) is 13.1 Å². The molecule has 0 fully saturated rings. The van der Waals surface area contributed by atoms with Gasteiger partial charge in [-0.2, -0.15) is 0 Å². The van der Waals surface area contributed by atoms with Crippen LogP contribution in [0.25, 0.3) is 0 Å². The fourth-order valence-electron chi connectivity index (χ4n) is 0.856. The molecule has 0 radical (unpaired) electrons. The van der Waals surface area contributed by atoms with Gasteiger partial charge in [-0.3, -0.25) is 9.07 Å². The van der Waals surface area contributed by atoms with E-state index >= 15 is 0 Å². The zero-order chi connectivity index (χ0) is 8.10. The van der Waals surface area contributed by atoms with Crippen LogP contribution in [-0.2, 0) is 13.0 Å². The Morgan fingerprint density at radius 2 is 2.45 bits per heavy atom. The van der Waals surface area contributed by atoms with Gasteiger partial charge in [-0.1, -0.05) is 5.21 Å². The number of aromatic nitrogens is 3. The van der Waals surface area contributed by atoms with Gasteiger partial charge in [0.25, 0.3) is 0 Å². The molecule has 0 spiro atoms. The van der Waals surface area contributed by atoms with Gasteiger partial charge in [0.2, 0.25) is 0 Å². The maximum atomic E-state index is 11.7. The molecule has 0 amide bonds. The third-order valence-corrected chi connectivity index (χ3v) is 1.48. The third kappa shape index (κ3) is 2.29. The van der Waals surface area contributed by atoms with E-state index in [0.29, 0.717) is 12.8 Å². The molecule has 11 heavy (non-hydrogen) atoms. The smallest absolute Gasteiger partial charge is 0.0898 e. The Balaban J connectivity index is 2.44. The van der Waals surface area contributed by atoms with E-state index in [0.717, 1.165) is 12.2 Å². The van der Waals surface area contributed by atoms with Gasteiger partial charge in [-0.25, -0.2) is 0 Å². The van der Waals surface area contributed by atoms with Crippen molar-refractivity contribution in [2.75, 3.05) is 6.67 Å². The predicted octanol–water partition coefficient (Wildman–Crippen LogP) is 1.20. The minimum absolute atomic E-state index is 0.279. The number of aryl methyl sites for hydroxylation is 2. The summed E-state index contributed by atoms with van der Waals surface area (Å²) in [6, 6.07) is 0. The van der Waals surface area contributed by atoms with Gasteiger partial charge in [-0.05, 0) is 19.8 Å². The fraction of sp³-hybridized carbons (Fsp3) is 0.714. The summed E-state index contributed by atoms with van der Waals surface area (Å²) in [4.78, 5) is 0. The highest BCUT2D eigenvalue weighted by Gasteiger charge is 1.97. The molecule has 0 saturated carbocycles. The first-order valence-electron chi connectivity index (χ1n) is 3.81. The summed E-state index contributed by atoms with van der Waals surface area (Å²) in [5.41, 5.74) is 0.879. The predicted molar refractivity (Wildman–Crippen MR) is 40.0 cm³/mol. The number of hydrogen-bond acceptors (Lipinski definition) is 2. The average Bonchev–Trinajstić information content (AvgIpc) is 2.48. The van der Waals surface area contributed by atoms with Crippen molar-refractivity contribution in [1.29, 1.82) is 0 Å². The molecule has 4 heteroatoms. The summed E-state index contributed by atoms with van der Waals surface area (Å²) in [6.45, 7) is 2.54. The van der Waals surface area contributed by atoms with E-state index in [9.17, 15) is 4.39 Å².